The van der Waals surface area contributed by atoms with Gasteiger partial charge in [-0.2, -0.15) is 5.10 Å². The van der Waals surface area contributed by atoms with E-state index in [1.165, 1.54) is 11.3 Å². The van der Waals surface area contributed by atoms with Gasteiger partial charge >= 0.3 is 0 Å². The molecule has 0 fully saturated rings. The summed E-state index contributed by atoms with van der Waals surface area (Å²) in [5.74, 6) is 1.40. The van der Waals surface area contributed by atoms with Crippen molar-refractivity contribution in [1.29, 1.82) is 0 Å². The Balaban J connectivity index is 1.88. The van der Waals surface area contributed by atoms with Gasteiger partial charge in [-0.15, -0.1) is 11.3 Å². The first-order chi connectivity index (χ1) is 12.2. The molecular formula is C19H19N3O2S. The number of anilines is 1. The van der Waals surface area contributed by atoms with Crippen molar-refractivity contribution in [2.45, 2.75) is 6.92 Å². The van der Waals surface area contributed by atoms with Gasteiger partial charge in [0.25, 0.3) is 0 Å². The summed E-state index contributed by atoms with van der Waals surface area (Å²) in [6, 6.07) is 13.9. The third kappa shape index (κ3) is 3.97. The molecule has 0 aliphatic carbocycles. The molecule has 0 aliphatic rings. The SMILES string of the molecule is COc1ccc(-c2ccccc2C=NNc2nc(C)cs2)cc1OC. The van der Waals surface area contributed by atoms with E-state index in [-0.39, 0.29) is 0 Å². The van der Waals surface area contributed by atoms with Gasteiger partial charge in [0.2, 0.25) is 5.13 Å². The van der Waals surface area contributed by atoms with Crippen LogP contribution in [0.25, 0.3) is 11.1 Å². The Morgan fingerprint density at radius 3 is 2.60 bits per heavy atom. The molecule has 25 heavy (non-hydrogen) atoms. The van der Waals surface area contributed by atoms with Crippen molar-refractivity contribution in [3.05, 3.63) is 59.1 Å². The van der Waals surface area contributed by atoms with Crippen molar-refractivity contribution in [3.8, 4) is 22.6 Å². The minimum atomic E-state index is 0.697. The lowest BCUT2D eigenvalue weighted by Gasteiger charge is -2.11. The highest BCUT2D eigenvalue weighted by Gasteiger charge is 2.08. The minimum Gasteiger partial charge on any atom is -0.493 e. The molecule has 128 valence electrons. The monoisotopic (exact) mass is 353 g/mol. The number of ether oxygens (including phenoxy) is 2. The zero-order valence-corrected chi connectivity index (χ0v) is 15.1. The van der Waals surface area contributed by atoms with Crippen molar-refractivity contribution in [2.24, 2.45) is 5.10 Å². The van der Waals surface area contributed by atoms with Crippen LogP contribution in [-0.2, 0) is 0 Å². The molecule has 0 radical (unpaired) electrons. The minimum absolute atomic E-state index is 0.697. The molecule has 1 heterocycles. The second-order valence-corrected chi connectivity index (χ2v) is 6.18. The third-order valence-corrected chi connectivity index (χ3v) is 4.50. The van der Waals surface area contributed by atoms with Crippen molar-refractivity contribution in [1.82, 2.24) is 4.98 Å². The van der Waals surface area contributed by atoms with Crippen LogP contribution in [0.2, 0.25) is 0 Å². The molecule has 5 nitrogen and oxygen atoms in total. The number of aromatic nitrogens is 1. The molecule has 1 N–H and O–H groups in total. The predicted molar refractivity (Wildman–Crippen MR) is 103 cm³/mol. The second kappa shape index (κ2) is 7.81. The van der Waals surface area contributed by atoms with Crippen molar-refractivity contribution >= 4 is 22.7 Å². The number of hydrogen-bond acceptors (Lipinski definition) is 6. The van der Waals surface area contributed by atoms with Crippen LogP contribution in [0, 0.1) is 6.92 Å². The largest absolute Gasteiger partial charge is 0.493 e. The van der Waals surface area contributed by atoms with Gasteiger partial charge in [-0.05, 0) is 30.2 Å². The lowest BCUT2D eigenvalue weighted by molar-refractivity contribution is 0.355. The molecule has 0 spiro atoms. The molecule has 0 amide bonds. The molecule has 0 unspecified atom stereocenters. The van der Waals surface area contributed by atoms with Gasteiger partial charge < -0.3 is 9.47 Å². The van der Waals surface area contributed by atoms with Crippen LogP contribution >= 0.6 is 11.3 Å². The van der Waals surface area contributed by atoms with E-state index < -0.39 is 0 Å². The van der Waals surface area contributed by atoms with Crippen LogP contribution in [0.1, 0.15) is 11.3 Å². The number of benzene rings is 2. The second-order valence-electron chi connectivity index (χ2n) is 5.32. The molecule has 6 heteroatoms. The van der Waals surface area contributed by atoms with Crippen LogP contribution in [0.5, 0.6) is 11.5 Å². The Hall–Kier alpha value is -2.86. The molecule has 0 atom stereocenters. The van der Waals surface area contributed by atoms with Crippen molar-refractivity contribution in [2.75, 3.05) is 19.6 Å². The lowest BCUT2D eigenvalue weighted by Crippen LogP contribution is -1.94. The maximum Gasteiger partial charge on any atom is 0.203 e. The summed E-state index contributed by atoms with van der Waals surface area (Å²) in [5, 5.41) is 7.06. The fourth-order valence-corrected chi connectivity index (χ4v) is 3.08. The Labute approximate surface area is 151 Å². The average Bonchev–Trinajstić information content (AvgIpc) is 3.06. The standard InChI is InChI=1S/C19H19N3O2S/c1-13-12-25-19(21-13)22-20-11-15-6-4-5-7-16(15)14-8-9-17(23-2)18(10-14)24-3/h4-12H,1-3H3,(H,21,22). The van der Waals surface area contributed by atoms with Gasteiger partial charge in [-0.3, -0.25) is 5.43 Å². The number of thiazole rings is 1. The maximum absolute atomic E-state index is 5.40. The zero-order chi connectivity index (χ0) is 17.6. The number of methoxy groups -OCH3 is 2. The molecule has 3 rings (SSSR count). The Kier molecular flexibility index (Phi) is 5.30. The summed E-state index contributed by atoms with van der Waals surface area (Å²) in [7, 11) is 3.26. The van der Waals surface area contributed by atoms with E-state index in [0.29, 0.717) is 11.5 Å². The van der Waals surface area contributed by atoms with E-state index in [2.05, 4.69) is 21.6 Å². The van der Waals surface area contributed by atoms with Crippen LogP contribution < -0.4 is 14.9 Å². The van der Waals surface area contributed by atoms with Gasteiger partial charge in [0.1, 0.15) is 0 Å². The van der Waals surface area contributed by atoms with E-state index in [1.807, 2.05) is 48.7 Å². The highest BCUT2D eigenvalue weighted by atomic mass is 32.1. The molecule has 0 saturated heterocycles. The molecule has 0 bridgehead atoms. The molecule has 2 aromatic carbocycles. The number of hydrazone groups is 1. The fraction of sp³-hybridized carbons (Fsp3) is 0.158. The topological polar surface area (TPSA) is 55.7 Å². The Morgan fingerprint density at radius 2 is 1.88 bits per heavy atom. The highest BCUT2D eigenvalue weighted by Crippen LogP contribution is 2.33. The van der Waals surface area contributed by atoms with Crippen LogP contribution in [0.4, 0.5) is 5.13 Å². The molecule has 1 aromatic heterocycles. The third-order valence-electron chi connectivity index (χ3n) is 3.64. The quantitative estimate of drug-likeness (QED) is 0.520. The summed E-state index contributed by atoms with van der Waals surface area (Å²) in [5.41, 5.74) is 7.03. The summed E-state index contributed by atoms with van der Waals surface area (Å²) < 4.78 is 10.7. The van der Waals surface area contributed by atoms with Gasteiger partial charge in [0.15, 0.2) is 11.5 Å². The number of hydrogen-bond donors (Lipinski definition) is 1. The van der Waals surface area contributed by atoms with E-state index in [0.717, 1.165) is 27.5 Å². The Bertz CT molecular complexity index is 890. The summed E-state index contributed by atoms with van der Waals surface area (Å²) >= 11 is 1.53. The van der Waals surface area contributed by atoms with E-state index >= 15 is 0 Å². The Morgan fingerprint density at radius 1 is 1.08 bits per heavy atom. The van der Waals surface area contributed by atoms with Crippen molar-refractivity contribution < 1.29 is 9.47 Å². The maximum atomic E-state index is 5.40. The first kappa shape index (κ1) is 17.0. The molecule has 0 aliphatic heterocycles. The first-order valence-corrected chi connectivity index (χ1v) is 8.62. The normalized spacial score (nSPS) is 10.8. The number of nitrogens with one attached hydrogen (secondary N) is 1. The lowest BCUT2D eigenvalue weighted by atomic mass is 10.00. The van der Waals surface area contributed by atoms with E-state index in [9.17, 15) is 0 Å². The summed E-state index contributed by atoms with van der Waals surface area (Å²) in [6.07, 6.45) is 1.79. The van der Waals surface area contributed by atoms with Gasteiger partial charge in [-0.1, -0.05) is 30.3 Å². The summed E-state index contributed by atoms with van der Waals surface area (Å²) in [4.78, 5) is 4.33. The number of rotatable bonds is 6. The van der Waals surface area contributed by atoms with Crippen molar-refractivity contribution in [3.63, 3.8) is 0 Å². The molecule has 0 saturated carbocycles. The number of nitrogens with zero attached hydrogens (tertiary/aromatic N) is 2. The van der Waals surface area contributed by atoms with Crippen LogP contribution in [0.3, 0.4) is 0 Å². The van der Waals surface area contributed by atoms with E-state index in [4.69, 9.17) is 9.47 Å². The molecular weight excluding hydrogens is 334 g/mol. The van der Waals surface area contributed by atoms with Gasteiger partial charge in [0, 0.05) is 10.9 Å². The number of aryl methyl sites for hydroxylation is 1. The van der Waals surface area contributed by atoms with Crippen LogP contribution in [0.15, 0.2) is 52.9 Å². The smallest absolute Gasteiger partial charge is 0.203 e. The van der Waals surface area contributed by atoms with E-state index in [1.54, 1.807) is 20.4 Å². The zero-order valence-electron chi connectivity index (χ0n) is 14.3. The van der Waals surface area contributed by atoms with Crippen LogP contribution in [-0.4, -0.2) is 25.4 Å². The van der Waals surface area contributed by atoms with Gasteiger partial charge in [0.05, 0.1) is 26.1 Å². The molecule has 3 aromatic rings. The average molecular weight is 353 g/mol. The predicted octanol–water partition coefficient (Wildman–Crippen LogP) is 4.58. The fourth-order valence-electron chi connectivity index (χ4n) is 2.44. The first-order valence-electron chi connectivity index (χ1n) is 7.74. The van der Waals surface area contributed by atoms with Gasteiger partial charge in [-0.25, -0.2) is 4.98 Å². The summed E-state index contributed by atoms with van der Waals surface area (Å²) in [6.45, 7) is 1.96. The highest BCUT2D eigenvalue weighted by molar-refractivity contribution is 7.13.